The van der Waals surface area contributed by atoms with Crippen LogP contribution in [-0.2, 0) is 12.6 Å². The van der Waals surface area contributed by atoms with Gasteiger partial charge in [-0.05, 0) is 26.0 Å². The van der Waals surface area contributed by atoms with Crippen LogP contribution in [0.1, 0.15) is 29.8 Å². The van der Waals surface area contributed by atoms with Gasteiger partial charge in [-0.25, -0.2) is 0 Å². The zero-order chi connectivity index (χ0) is 19.4. The molecule has 0 saturated carbocycles. The first-order valence-electron chi connectivity index (χ1n) is 9.65. The van der Waals surface area contributed by atoms with Gasteiger partial charge >= 0.3 is 0 Å². The number of hydrogen-bond donors (Lipinski definition) is 1. The van der Waals surface area contributed by atoms with Gasteiger partial charge < -0.3 is 14.5 Å². The Balaban J connectivity index is 2.05. The lowest BCUT2D eigenvalue weighted by molar-refractivity contribution is 0.0693. The lowest BCUT2D eigenvalue weighted by Gasteiger charge is -2.29. The van der Waals surface area contributed by atoms with Gasteiger partial charge in [0, 0.05) is 52.2 Å². The molecule has 0 unspecified atom stereocenters. The first-order chi connectivity index (χ1) is 13.4. The van der Waals surface area contributed by atoms with Gasteiger partial charge in [0.05, 0.1) is 22.1 Å². The molecule has 0 saturated heterocycles. The summed E-state index contributed by atoms with van der Waals surface area (Å²) in [5.74, 6) is 0.105. The molecule has 138 valence electrons. The fourth-order valence-electron chi connectivity index (χ4n) is 5.18. The standard InChI is InChI=1S/C24H21N3O/c1-24(2)20-18-13-9-5-7-11-15(13)25-21(18)22-17(19(20)23(28)27(24)4)14-10-6-8-12-16(14)26(22)3/h5-12,25H,1-4H3. The quantitative estimate of drug-likeness (QED) is 0.397. The number of fused-ring (bicyclic) bond motifs is 10. The molecule has 6 rings (SSSR count). The summed E-state index contributed by atoms with van der Waals surface area (Å²) >= 11 is 0. The Hall–Kier alpha value is -3.27. The molecule has 1 aliphatic heterocycles. The number of aromatic amines is 1. The van der Waals surface area contributed by atoms with E-state index in [1.54, 1.807) is 0 Å². The van der Waals surface area contributed by atoms with Crippen LogP contribution in [0.15, 0.2) is 48.5 Å². The van der Waals surface area contributed by atoms with Crippen LogP contribution in [0.5, 0.6) is 0 Å². The van der Waals surface area contributed by atoms with E-state index < -0.39 is 0 Å². The van der Waals surface area contributed by atoms with Crippen LogP contribution < -0.4 is 0 Å². The third-order valence-electron chi connectivity index (χ3n) is 6.77. The summed E-state index contributed by atoms with van der Waals surface area (Å²) in [5.41, 5.74) is 6.09. The zero-order valence-electron chi connectivity index (χ0n) is 16.4. The number of hydrogen-bond acceptors (Lipinski definition) is 1. The van der Waals surface area contributed by atoms with Crippen molar-refractivity contribution in [2.24, 2.45) is 7.05 Å². The van der Waals surface area contributed by atoms with E-state index >= 15 is 0 Å². The van der Waals surface area contributed by atoms with Gasteiger partial charge in [-0.15, -0.1) is 0 Å². The number of carbonyl (C=O) groups excluding carboxylic acids is 1. The van der Waals surface area contributed by atoms with Crippen LogP contribution in [0.25, 0.3) is 43.6 Å². The summed E-state index contributed by atoms with van der Waals surface area (Å²) in [6, 6.07) is 16.8. The van der Waals surface area contributed by atoms with Crippen molar-refractivity contribution >= 4 is 49.5 Å². The zero-order valence-corrected chi connectivity index (χ0v) is 16.4. The normalized spacial score (nSPS) is 16.1. The highest BCUT2D eigenvalue weighted by molar-refractivity contribution is 6.30. The van der Waals surface area contributed by atoms with Crippen LogP contribution in [0.4, 0.5) is 0 Å². The number of H-pyrrole nitrogens is 1. The fraction of sp³-hybridized carbons (Fsp3) is 0.208. The van der Waals surface area contributed by atoms with Crippen molar-refractivity contribution in [3.8, 4) is 0 Å². The van der Waals surface area contributed by atoms with E-state index in [-0.39, 0.29) is 11.4 Å². The molecule has 0 radical (unpaired) electrons. The highest BCUT2D eigenvalue weighted by atomic mass is 16.2. The molecule has 1 aliphatic rings. The monoisotopic (exact) mass is 367 g/mol. The van der Waals surface area contributed by atoms with Gasteiger partial charge in [0.1, 0.15) is 0 Å². The number of carbonyl (C=O) groups is 1. The van der Waals surface area contributed by atoms with Crippen molar-refractivity contribution in [2.45, 2.75) is 19.4 Å². The molecule has 0 aliphatic carbocycles. The molecule has 1 amide bonds. The molecule has 2 aromatic heterocycles. The minimum Gasteiger partial charge on any atom is -0.353 e. The van der Waals surface area contributed by atoms with Crippen molar-refractivity contribution in [3.63, 3.8) is 0 Å². The van der Waals surface area contributed by atoms with Crippen LogP contribution >= 0.6 is 0 Å². The van der Waals surface area contributed by atoms with Gasteiger partial charge in [0.15, 0.2) is 0 Å². The number of nitrogens with one attached hydrogen (secondary N) is 1. The van der Waals surface area contributed by atoms with Gasteiger partial charge in [0.2, 0.25) is 0 Å². The number of amides is 1. The van der Waals surface area contributed by atoms with E-state index in [0.717, 1.165) is 44.0 Å². The second-order valence-electron chi connectivity index (χ2n) is 8.39. The maximum atomic E-state index is 13.5. The summed E-state index contributed by atoms with van der Waals surface area (Å²) in [6.07, 6.45) is 0. The van der Waals surface area contributed by atoms with E-state index in [2.05, 4.69) is 79.0 Å². The van der Waals surface area contributed by atoms with E-state index in [4.69, 9.17) is 0 Å². The average molecular weight is 367 g/mol. The molecule has 0 bridgehead atoms. The lowest BCUT2D eigenvalue weighted by Crippen LogP contribution is -2.35. The third kappa shape index (κ3) is 1.57. The minimum absolute atomic E-state index is 0.105. The van der Waals surface area contributed by atoms with E-state index in [1.807, 2.05) is 11.9 Å². The third-order valence-corrected chi connectivity index (χ3v) is 6.77. The SMILES string of the molecule is CN1C(=O)c2c(c3c4ccccc4[nH]c3c3c2c2ccccc2n3C)C1(C)C. The molecular formula is C24H21N3O. The van der Waals surface area contributed by atoms with Crippen molar-refractivity contribution in [3.05, 3.63) is 59.7 Å². The van der Waals surface area contributed by atoms with Crippen molar-refractivity contribution < 1.29 is 4.79 Å². The second-order valence-corrected chi connectivity index (χ2v) is 8.39. The topological polar surface area (TPSA) is 41.0 Å². The molecule has 5 aromatic rings. The molecular weight excluding hydrogens is 346 g/mol. The Morgan fingerprint density at radius 1 is 0.893 bits per heavy atom. The Kier molecular flexibility index (Phi) is 2.68. The van der Waals surface area contributed by atoms with Crippen LogP contribution in [0, 0.1) is 0 Å². The van der Waals surface area contributed by atoms with Crippen LogP contribution in [0.2, 0.25) is 0 Å². The van der Waals surface area contributed by atoms with Crippen LogP contribution in [-0.4, -0.2) is 27.4 Å². The summed E-state index contributed by atoms with van der Waals surface area (Å²) in [5, 5.41) is 4.55. The maximum Gasteiger partial charge on any atom is 0.255 e. The van der Waals surface area contributed by atoms with E-state index in [9.17, 15) is 4.79 Å². The van der Waals surface area contributed by atoms with Crippen molar-refractivity contribution in [1.82, 2.24) is 14.5 Å². The molecule has 4 nitrogen and oxygen atoms in total. The lowest BCUT2D eigenvalue weighted by atomic mass is 9.87. The number of benzene rings is 3. The van der Waals surface area contributed by atoms with E-state index in [1.165, 1.54) is 10.8 Å². The maximum absolute atomic E-state index is 13.5. The summed E-state index contributed by atoms with van der Waals surface area (Å²) in [4.78, 5) is 19.0. The Morgan fingerprint density at radius 2 is 1.57 bits per heavy atom. The fourth-order valence-corrected chi connectivity index (χ4v) is 5.18. The molecule has 0 spiro atoms. The summed E-state index contributed by atoms with van der Waals surface area (Å²) in [7, 11) is 4.01. The largest absolute Gasteiger partial charge is 0.353 e. The number of aromatic nitrogens is 2. The van der Waals surface area contributed by atoms with Gasteiger partial charge in [-0.3, -0.25) is 4.79 Å². The number of aryl methyl sites for hydroxylation is 1. The minimum atomic E-state index is -0.374. The van der Waals surface area contributed by atoms with Crippen molar-refractivity contribution in [2.75, 3.05) is 7.05 Å². The molecule has 1 N–H and O–H groups in total. The molecule has 0 fully saturated rings. The smallest absolute Gasteiger partial charge is 0.255 e. The number of para-hydroxylation sites is 2. The predicted molar refractivity (Wildman–Crippen MR) is 115 cm³/mol. The molecule has 4 heteroatoms. The highest BCUT2D eigenvalue weighted by Gasteiger charge is 2.45. The Bertz CT molecular complexity index is 1480. The van der Waals surface area contributed by atoms with Gasteiger partial charge in [-0.1, -0.05) is 36.4 Å². The predicted octanol–water partition coefficient (Wildman–Crippen LogP) is 5.29. The van der Waals surface area contributed by atoms with Crippen LogP contribution in [0.3, 0.4) is 0 Å². The van der Waals surface area contributed by atoms with Gasteiger partial charge in [0.25, 0.3) is 5.91 Å². The molecule has 3 aromatic carbocycles. The van der Waals surface area contributed by atoms with Gasteiger partial charge in [-0.2, -0.15) is 0 Å². The average Bonchev–Trinajstić information content (AvgIpc) is 3.27. The van der Waals surface area contributed by atoms with E-state index in [0.29, 0.717) is 0 Å². The number of rotatable bonds is 0. The first-order valence-corrected chi connectivity index (χ1v) is 9.65. The molecule has 0 atom stereocenters. The molecule has 3 heterocycles. The van der Waals surface area contributed by atoms with Crippen molar-refractivity contribution in [1.29, 1.82) is 0 Å². The summed E-state index contributed by atoms with van der Waals surface area (Å²) < 4.78 is 2.22. The molecule has 28 heavy (non-hydrogen) atoms. The Morgan fingerprint density at radius 3 is 2.36 bits per heavy atom. The second kappa shape index (κ2) is 4.76. The number of nitrogens with zero attached hydrogens (tertiary/aromatic N) is 2. The highest BCUT2D eigenvalue weighted by Crippen LogP contribution is 2.50. The summed E-state index contributed by atoms with van der Waals surface area (Å²) in [6.45, 7) is 4.30. The Labute approximate surface area is 162 Å². The first kappa shape index (κ1) is 15.8.